The Hall–Kier alpha value is -5.75. The summed E-state index contributed by atoms with van der Waals surface area (Å²) in [5, 5.41) is 0. The maximum atomic E-state index is 5.17. The van der Waals surface area contributed by atoms with Gasteiger partial charge >= 0.3 is 0 Å². The predicted octanol–water partition coefficient (Wildman–Crippen LogP) is 7.71. The van der Waals surface area contributed by atoms with Crippen molar-refractivity contribution in [1.29, 1.82) is 0 Å². The molecule has 1 atom stereocenters. The van der Waals surface area contributed by atoms with E-state index in [1.807, 2.05) is 61.1 Å². The van der Waals surface area contributed by atoms with Gasteiger partial charge < -0.3 is 4.90 Å². The minimum atomic E-state index is -0.253. The molecule has 43 heavy (non-hydrogen) atoms. The molecule has 4 heterocycles. The van der Waals surface area contributed by atoms with Crippen LogP contribution in [-0.4, -0.2) is 38.6 Å². The Morgan fingerprint density at radius 2 is 1.09 bits per heavy atom. The summed E-state index contributed by atoms with van der Waals surface area (Å²) in [4.78, 5) is 25.7. The molecule has 3 aromatic carbocycles. The van der Waals surface area contributed by atoms with E-state index in [2.05, 4.69) is 106 Å². The molecule has 1 unspecified atom stereocenters. The van der Waals surface area contributed by atoms with Gasteiger partial charge in [-0.3, -0.25) is 15.0 Å². The molecule has 0 spiro atoms. The summed E-state index contributed by atoms with van der Waals surface area (Å²) in [6.07, 6.45) is 7.04. The molecule has 1 aliphatic heterocycles. The molecule has 0 bridgehead atoms. The van der Waals surface area contributed by atoms with Gasteiger partial charge in [0.2, 0.25) is 0 Å². The lowest BCUT2D eigenvalue weighted by Gasteiger charge is -2.32. The minimum Gasteiger partial charge on any atom is -0.333 e. The van der Waals surface area contributed by atoms with Crippen molar-refractivity contribution in [3.63, 3.8) is 0 Å². The number of hydrogen-bond acceptors (Lipinski definition) is 6. The highest BCUT2D eigenvalue weighted by atomic mass is 15.3. The second kappa shape index (κ2) is 11.6. The third-order valence-corrected chi connectivity index (χ3v) is 7.57. The van der Waals surface area contributed by atoms with Gasteiger partial charge in [0, 0.05) is 54.1 Å². The van der Waals surface area contributed by atoms with Crippen LogP contribution in [0.25, 0.3) is 33.6 Å². The molecule has 0 saturated carbocycles. The fraction of sp³-hybridized carbons (Fsp3) is 0.0541. The summed E-state index contributed by atoms with van der Waals surface area (Å²) in [5.74, 6) is 1.54. The van der Waals surface area contributed by atoms with Crippen molar-refractivity contribution in [2.24, 2.45) is 9.98 Å². The van der Waals surface area contributed by atoms with E-state index in [1.54, 1.807) is 6.20 Å². The molecular weight excluding hydrogens is 528 g/mol. The van der Waals surface area contributed by atoms with E-state index in [0.717, 1.165) is 56.2 Å². The number of nitrogens with zero attached hydrogens (tertiary/aromatic N) is 6. The lowest BCUT2D eigenvalue weighted by Crippen LogP contribution is -2.35. The third kappa shape index (κ3) is 5.46. The van der Waals surface area contributed by atoms with Crippen LogP contribution in [0, 0.1) is 0 Å². The Balaban J connectivity index is 1.26. The highest BCUT2D eigenvalue weighted by Gasteiger charge is 2.27. The Morgan fingerprint density at radius 3 is 1.65 bits per heavy atom. The molecule has 1 aliphatic rings. The summed E-state index contributed by atoms with van der Waals surface area (Å²) in [6.45, 7) is 0. The molecule has 0 aliphatic carbocycles. The number of aliphatic imine (C=N–C) groups is 2. The molecule has 6 aromatic rings. The third-order valence-electron chi connectivity index (χ3n) is 7.57. The number of pyridine rings is 3. The van der Waals surface area contributed by atoms with Gasteiger partial charge in [0.25, 0.3) is 0 Å². The lowest BCUT2D eigenvalue weighted by atomic mass is 10.0. The SMILES string of the molecule is CN1C(c2ccc(-c3ccccn3)cc2)=NC(c2ccc(-c3ccccn3)cc2)=NC1c1ccc(-c2cccnc2)cc1. The number of rotatable bonds is 6. The van der Waals surface area contributed by atoms with Gasteiger partial charge in [-0.05, 0) is 47.0 Å². The number of hydrogen-bond donors (Lipinski definition) is 0. The van der Waals surface area contributed by atoms with Gasteiger partial charge in [-0.1, -0.05) is 91.0 Å². The number of amidine groups is 2. The van der Waals surface area contributed by atoms with E-state index in [0.29, 0.717) is 5.84 Å². The second-order valence-electron chi connectivity index (χ2n) is 10.3. The van der Waals surface area contributed by atoms with Crippen molar-refractivity contribution in [3.05, 3.63) is 163 Å². The molecular formula is C37H28N6. The van der Waals surface area contributed by atoms with Crippen LogP contribution in [0.2, 0.25) is 0 Å². The van der Waals surface area contributed by atoms with Crippen LogP contribution in [0.15, 0.2) is 156 Å². The van der Waals surface area contributed by atoms with Crippen LogP contribution in [0.5, 0.6) is 0 Å². The highest BCUT2D eigenvalue weighted by molar-refractivity contribution is 6.13. The first-order valence-corrected chi connectivity index (χ1v) is 14.2. The van der Waals surface area contributed by atoms with Crippen LogP contribution in [0.4, 0.5) is 0 Å². The average molecular weight is 557 g/mol. The van der Waals surface area contributed by atoms with Crippen molar-refractivity contribution >= 4 is 11.7 Å². The maximum Gasteiger partial charge on any atom is 0.159 e. The van der Waals surface area contributed by atoms with Crippen LogP contribution < -0.4 is 0 Å². The summed E-state index contributed by atoms with van der Waals surface area (Å²) < 4.78 is 0. The van der Waals surface area contributed by atoms with E-state index < -0.39 is 0 Å². The van der Waals surface area contributed by atoms with Gasteiger partial charge in [-0.15, -0.1) is 0 Å². The topological polar surface area (TPSA) is 66.6 Å². The first-order chi connectivity index (χ1) is 21.2. The molecule has 0 fully saturated rings. The van der Waals surface area contributed by atoms with E-state index in [9.17, 15) is 0 Å². The average Bonchev–Trinajstić information content (AvgIpc) is 3.10. The Bertz CT molecular complexity index is 1880. The normalized spacial score (nSPS) is 14.6. The Labute approximate surface area is 250 Å². The number of benzene rings is 3. The summed E-state index contributed by atoms with van der Waals surface area (Å²) in [7, 11) is 2.05. The second-order valence-corrected chi connectivity index (χ2v) is 10.3. The van der Waals surface area contributed by atoms with E-state index in [1.165, 1.54) is 0 Å². The van der Waals surface area contributed by atoms with E-state index in [-0.39, 0.29) is 6.17 Å². The largest absolute Gasteiger partial charge is 0.333 e. The first kappa shape index (κ1) is 26.2. The smallest absolute Gasteiger partial charge is 0.159 e. The standard InChI is InChI=1S/C37H28N6/c1-43-36(30-18-10-26(11-19-30)32-7-6-22-38-25-32)41-35(29-16-12-27(13-17-29)33-8-2-4-23-39-33)42-37(43)31-20-14-28(15-21-31)34-9-3-5-24-40-34/h2-25,36H,1H3. The number of aromatic nitrogens is 3. The quantitative estimate of drug-likeness (QED) is 0.211. The van der Waals surface area contributed by atoms with Crippen molar-refractivity contribution in [3.8, 4) is 33.6 Å². The zero-order chi connectivity index (χ0) is 29.0. The van der Waals surface area contributed by atoms with Crippen molar-refractivity contribution in [2.45, 2.75) is 6.17 Å². The molecule has 0 radical (unpaired) electrons. The fourth-order valence-corrected chi connectivity index (χ4v) is 5.26. The van der Waals surface area contributed by atoms with Gasteiger partial charge in [0.15, 0.2) is 5.84 Å². The Morgan fingerprint density at radius 1 is 0.512 bits per heavy atom. The molecule has 0 amide bonds. The summed E-state index contributed by atoms with van der Waals surface area (Å²) in [6, 6.07) is 41.1. The first-order valence-electron chi connectivity index (χ1n) is 14.2. The van der Waals surface area contributed by atoms with Crippen molar-refractivity contribution in [1.82, 2.24) is 19.9 Å². The molecule has 206 valence electrons. The van der Waals surface area contributed by atoms with Crippen molar-refractivity contribution < 1.29 is 0 Å². The van der Waals surface area contributed by atoms with Crippen LogP contribution in [0.1, 0.15) is 22.9 Å². The zero-order valence-electron chi connectivity index (χ0n) is 23.6. The summed E-state index contributed by atoms with van der Waals surface area (Å²) >= 11 is 0. The maximum absolute atomic E-state index is 5.17. The van der Waals surface area contributed by atoms with E-state index in [4.69, 9.17) is 9.98 Å². The van der Waals surface area contributed by atoms with Crippen LogP contribution >= 0.6 is 0 Å². The van der Waals surface area contributed by atoms with Crippen LogP contribution in [-0.2, 0) is 0 Å². The minimum absolute atomic E-state index is 0.253. The molecule has 0 saturated heterocycles. The van der Waals surface area contributed by atoms with Gasteiger partial charge in [0.1, 0.15) is 12.0 Å². The molecule has 7 rings (SSSR count). The van der Waals surface area contributed by atoms with Gasteiger partial charge in [-0.2, -0.15) is 0 Å². The molecule has 3 aromatic heterocycles. The zero-order valence-corrected chi connectivity index (χ0v) is 23.6. The van der Waals surface area contributed by atoms with Crippen molar-refractivity contribution in [2.75, 3.05) is 7.05 Å². The predicted molar refractivity (Wildman–Crippen MR) is 173 cm³/mol. The van der Waals surface area contributed by atoms with E-state index >= 15 is 0 Å². The Kier molecular flexibility index (Phi) is 7.07. The lowest BCUT2D eigenvalue weighted by molar-refractivity contribution is 0.383. The summed E-state index contributed by atoms with van der Waals surface area (Å²) in [5.41, 5.74) is 9.22. The fourth-order valence-electron chi connectivity index (χ4n) is 5.26. The van der Waals surface area contributed by atoms with Crippen LogP contribution in [0.3, 0.4) is 0 Å². The molecule has 6 nitrogen and oxygen atoms in total. The monoisotopic (exact) mass is 556 g/mol. The van der Waals surface area contributed by atoms with Gasteiger partial charge in [-0.25, -0.2) is 9.98 Å². The molecule has 6 heteroatoms. The van der Waals surface area contributed by atoms with Gasteiger partial charge in [0.05, 0.1) is 11.4 Å². The highest BCUT2D eigenvalue weighted by Crippen LogP contribution is 2.31. The molecule has 0 N–H and O–H groups in total.